The lowest BCUT2D eigenvalue weighted by molar-refractivity contribution is -0.359. The van der Waals surface area contributed by atoms with Gasteiger partial charge in [0.05, 0.1) is 32.0 Å². The summed E-state index contributed by atoms with van der Waals surface area (Å²) < 4.78 is 22.8. The molecule has 12 atom stereocenters. The summed E-state index contributed by atoms with van der Waals surface area (Å²) in [5, 5.41) is 87.3. The second-order valence-corrected chi connectivity index (χ2v) is 24.3. The van der Waals surface area contributed by atoms with Crippen molar-refractivity contribution in [3.05, 3.63) is 12.2 Å². The molecule has 12 unspecified atom stereocenters. The molecule has 2 fully saturated rings. The largest absolute Gasteiger partial charge is 0.394 e. The molecular formula is C66H127NO13. The van der Waals surface area contributed by atoms with Crippen molar-refractivity contribution in [2.75, 3.05) is 19.8 Å². The molecule has 0 bridgehead atoms. The molecule has 0 aliphatic carbocycles. The summed E-state index contributed by atoms with van der Waals surface area (Å²) in [6, 6.07) is -0.910. The van der Waals surface area contributed by atoms with Gasteiger partial charge in [0.1, 0.15) is 48.8 Å². The SMILES string of the molecule is CCCCCCCCCCCCCCCCCCCC/C=C/C(O)C(COC1OC(CO)C(OC2OC(CO)C(O)C(O)C2O)C(O)C1O)NC(=O)CCCCCCCCCCCCCCCCCCCCCCCCCCCC. The van der Waals surface area contributed by atoms with Crippen LogP contribution in [0.5, 0.6) is 0 Å². The van der Waals surface area contributed by atoms with Gasteiger partial charge in [-0.15, -0.1) is 0 Å². The van der Waals surface area contributed by atoms with Gasteiger partial charge in [0.25, 0.3) is 0 Å². The van der Waals surface area contributed by atoms with E-state index < -0.39 is 86.8 Å². The number of hydrogen-bond donors (Lipinski definition) is 9. The average Bonchev–Trinajstić information content (AvgIpc) is 3.46. The van der Waals surface area contributed by atoms with Crippen LogP contribution >= 0.6 is 0 Å². The van der Waals surface area contributed by atoms with Crippen molar-refractivity contribution in [1.82, 2.24) is 5.32 Å². The van der Waals surface area contributed by atoms with Gasteiger partial charge in [-0.05, 0) is 19.3 Å². The number of hydrogen-bond acceptors (Lipinski definition) is 13. The van der Waals surface area contributed by atoms with E-state index in [0.717, 1.165) is 38.5 Å². The van der Waals surface area contributed by atoms with E-state index in [-0.39, 0.29) is 18.9 Å². The maximum atomic E-state index is 13.3. The first-order chi connectivity index (χ1) is 39.1. The average molecular weight is 1140 g/mol. The molecule has 2 rings (SSSR count). The predicted octanol–water partition coefficient (Wildman–Crippen LogP) is 13.0. The summed E-state index contributed by atoms with van der Waals surface area (Å²) in [6.07, 6.45) is 45.5. The standard InChI is InChI=1S/C66H127NO13/c1-3-5-7-9-11-13-15-17-19-21-23-25-26-27-28-29-30-32-34-36-38-40-42-44-46-48-50-58(71)67-54(55(70)49-47-45-43-41-39-37-35-33-31-24-22-20-18-16-14-12-10-8-6-4-2)53-77-65-63(76)61(74)64(57(52-69)79-65)80-66-62(75)60(73)59(72)56(51-68)78-66/h47,49,54-57,59-66,68-70,72-76H,3-46,48,50-53H2,1-2H3,(H,67,71)/b49-47+. The van der Waals surface area contributed by atoms with E-state index in [1.54, 1.807) is 6.08 Å². The highest BCUT2D eigenvalue weighted by molar-refractivity contribution is 5.76. The minimum Gasteiger partial charge on any atom is -0.394 e. The molecule has 1 amide bonds. The first-order valence-corrected chi connectivity index (χ1v) is 33.9. The zero-order valence-electron chi connectivity index (χ0n) is 51.4. The zero-order chi connectivity index (χ0) is 58.1. The van der Waals surface area contributed by atoms with Crippen LogP contribution in [0.2, 0.25) is 0 Å². The molecule has 2 aliphatic rings. The summed E-state index contributed by atoms with van der Waals surface area (Å²) in [5.74, 6) is -0.231. The van der Waals surface area contributed by atoms with Crippen LogP contribution in [0, 0.1) is 0 Å². The smallest absolute Gasteiger partial charge is 0.220 e. The highest BCUT2D eigenvalue weighted by atomic mass is 16.7. The number of ether oxygens (including phenoxy) is 4. The molecule has 2 aliphatic heterocycles. The fourth-order valence-electron chi connectivity index (χ4n) is 11.5. The Bertz CT molecular complexity index is 1390. The zero-order valence-corrected chi connectivity index (χ0v) is 51.4. The van der Waals surface area contributed by atoms with Gasteiger partial charge in [0.15, 0.2) is 12.6 Å². The van der Waals surface area contributed by atoms with Gasteiger partial charge >= 0.3 is 0 Å². The molecular weight excluding hydrogens is 1010 g/mol. The molecule has 9 N–H and O–H groups in total. The number of allylic oxidation sites excluding steroid dienone is 1. The van der Waals surface area contributed by atoms with Gasteiger partial charge < -0.3 is 65.1 Å². The quantitative estimate of drug-likeness (QED) is 0.0204. The van der Waals surface area contributed by atoms with Crippen molar-refractivity contribution in [3.8, 4) is 0 Å². The summed E-state index contributed by atoms with van der Waals surface area (Å²) in [5.41, 5.74) is 0. The molecule has 0 aromatic carbocycles. The third-order valence-corrected chi connectivity index (χ3v) is 17.0. The lowest BCUT2D eigenvalue weighted by Gasteiger charge is -2.46. The molecule has 0 radical (unpaired) electrons. The fourth-order valence-corrected chi connectivity index (χ4v) is 11.5. The van der Waals surface area contributed by atoms with Crippen molar-refractivity contribution < 1.29 is 64.6 Å². The second kappa shape index (κ2) is 52.1. The van der Waals surface area contributed by atoms with E-state index in [1.165, 1.54) is 244 Å². The number of carbonyl (C=O) groups is 1. The van der Waals surface area contributed by atoms with Crippen molar-refractivity contribution in [2.45, 2.75) is 383 Å². The van der Waals surface area contributed by atoms with Gasteiger partial charge in [-0.1, -0.05) is 296 Å². The molecule has 14 heteroatoms. The Kier molecular flexibility index (Phi) is 48.7. The van der Waals surface area contributed by atoms with Crippen molar-refractivity contribution in [3.63, 3.8) is 0 Å². The van der Waals surface area contributed by atoms with Crippen molar-refractivity contribution in [1.29, 1.82) is 0 Å². The van der Waals surface area contributed by atoms with E-state index in [9.17, 15) is 45.6 Å². The highest BCUT2D eigenvalue weighted by Gasteiger charge is 2.51. The van der Waals surface area contributed by atoms with Gasteiger partial charge in [-0.2, -0.15) is 0 Å². The molecule has 0 spiro atoms. The lowest BCUT2D eigenvalue weighted by Crippen LogP contribution is -2.65. The number of aliphatic hydroxyl groups is 8. The Morgan fingerprint density at radius 1 is 0.438 bits per heavy atom. The topological polar surface area (TPSA) is 228 Å². The Labute approximate surface area is 488 Å². The van der Waals surface area contributed by atoms with E-state index in [1.807, 2.05) is 6.08 Å². The number of carbonyl (C=O) groups excluding carboxylic acids is 1. The van der Waals surface area contributed by atoms with Crippen LogP contribution in [-0.4, -0.2) is 140 Å². The molecule has 0 saturated carbocycles. The van der Waals surface area contributed by atoms with Crippen LogP contribution < -0.4 is 5.32 Å². The molecule has 80 heavy (non-hydrogen) atoms. The minimum atomic E-state index is -1.79. The maximum absolute atomic E-state index is 13.3. The summed E-state index contributed by atoms with van der Waals surface area (Å²) in [7, 11) is 0. The second-order valence-electron chi connectivity index (χ2n) is 24.3. The third kappa shape index (κ3) is 36.5. The Morgan fingerprint density at radius 2 is 0.775 bits per heavy atom. The van der Waals surface area contributed by atoms with Gasteiger partial charge in [-0.25, -0.2) is 0 Å². The van der Waals surface area contributed by atoms with E-state index in [4.69, 9.17) is 18.9 Å². The van der Waals surface area contributed by atoms with E-state index in [0.29, 0.717) is 6.42 Å². The van der Waals surface area contributed by atoms with Crippen LogP contribution in [0.3, 0.4) is 0 Å². The fraction of sp³-hybridized carbons (Fsp3) is 0.955. The molecule has 0 aromatic heterocycles. The van der Waals surface area contributed by atoms with Crippen LogP contribution in [0.4, 0.5) is 0 Å². The summed E-state index contributed by atoms with van der Waals surface area (Å²) >= 11 is 0. The highest BCUT2D eigenvalue weighted by Crippen LogP contribution is 2.30. The van der Waals surface area contributed by atoms with Gasteiger partial charge in [-0.3, -0.25) is 4.79 Å². The molecule has 2 heterocycles. The first-order valence-electron chi connectivity index (χ1n) is 33.9. The number of rotatable bonds is 56. The minimum absolute atomic E-state index is 0.231. The van der Waals surface area contributed by atoms with Gasteiger partial charge in [0, 0.05) is 6.42 Å². The number of nitrogens with one attached hydrogen (secondary N) is 1. The van der Waals surface area contributed by atoms with Crippen LogP contribution in [0.1, 0.15) is 309 Å². The van der Waals surface area contributed by atoms with Crippen molar-refractivity contribution in [2.24, 2.45) is 0 Å². The molecule has 2 saturated heterocycles. The number of unbranched alkanes of at least 4 members (excludes halogenated alkanes) is 43. The van der Waals surface area contributed by atoms with Crippen LogP contribution in [0.25, 0.3) is 0 Å². The molecule has 14 nitrogen and oxygen atoms in total. The Balaban J connectivity index is 1.69. The normalized spacial score (nSPS) is 24.2. The Hall–Kier alpha value is -1.27. The number of aliphatic hydroxyl groups excluding tert-OH is 8. The summed E-state index contributed by atoms with van der Waals surface area (Å²) in [4.78, 5) is 13.3. The molecule has 474 valence electrons. The van der Waals surface area contributed by atoms with Crippen molar-refractivity contribution >= 4 is 5.91 Å². The monoisotopic (exact) mass is 1140 g/mol. The van der Waals surface area contributed by atoms with Gasteiger partial charge in [0.2, 0.25) is 5.91 Å². The first kappa shape index (κ1) is 74.8. The predicted molar refractivity (Wildman–Crippen MR) is 323 cm³/mol. The third-order valence-electron chi connectivity index (χ3n) is 17.0. The van der Waals surface area contributed by atoms with E-state index >= 15 is 0 Å². The lowest BCUT2D eigenvalue weighted by atomic mass is 9.97. The van der Waals surface area contributed by atoms with Crippen LogP contribution in [0.15, 0.2) is 12.2 Å². The maximum Gasteiger partial charge on any atom is 0.220 e. The molecule has 0 aromatic rings. The van der Waals surface area contributed by atoms with Crippen LogP contribution in [-0.2, 0) is 23.7 Å². The Morgan fingerprint density at radius 3 is 1.15 bits per heavy atom. The number of amides is 1. The van der Waals surface area contributed by atoms with E-state index in [2.05, 4.69) is 19.2 Å². The summed E-state index contributed by atoms with van der Waals surface area (Å²) in [6.45, 7) is 2.85.